The van der Waals surface area contributed by atoms with Gasteiger partial charge < -0.3 is 10.2 Å². The molecule has 2 aromatic rings. The fourth-order valence-corrected chi connectivity index (χ4v) is 3.51. The lowest BCUT2D eigenvalue weighted by Crippen LogP contribution is -2.37. The number of carbonyl (C=O) groups is 1. The van der Waals surface area contributed by atoms with Gasteiger partial charge in [0.2, 0.25) is 0 Å². The van der Waals surface area contributed by atoms with Crippen LogP contribution in [0.2, 0.25) is 5.02 Å². The number of rotatable bonds is 6. The Hall–Kier alpha value is -1.85. The van der Waals surface area contributed by atoms with Gasteiger partial charge >= 0.3 is 0 Å². The Morgan fingerprint density at radius 2 is 2.00 bits per heavy atom. The highest BCUT2D eigenvalue weighted by atomic mass is 35.5. The number of likely N-dealkylation sites (N-methyl/N-ethyl adjacent to an activating group) is 1. The molecule has 27 heavy (non-hydrogen) atoms. The monoisotopic (exact) mass is 388 g/mol. The van der Waals surface area contributed by atoms with E-state index < -0.39 is 0 Å². The van der Waals surface area contributed by atoms with E-state index in [-0.39, 0.29) is 17.5 Å². The number of halogens is 1. The van der Waals surface area contributed by atoms with Crippen molar-refractivity contribution in [2.24, 2.45) is 0 Å². The molecule has 1 heterocycles. The molecule has 0 bridgehead atoms. The first-order chi connectivity index (χ1) is 12.7. The summed E-state index contributed by atoms with van der Waals surface area (Å²) in [5.41, 5.74) is 2.42. The zero-order chi connectivity index (χ0) is 19.8. The maximum absolute atomic E-state index is 13.0. The van der Waals surface area contributed by atoms with Gasteiger partial charge in [0.1, 0.15) is 5.69 Å². The van der Waals surface area contributed by atoms with Crippen molar-refractivity contribution >= 4 is 17.5 Å². The molecule has 1 N–H and O–H groups in total. The number of nitrogens with one attached hydrogen (secondary N) is 1. The summed E-state index contributed by atoms with van der Waals surface area (Å²) in [7, 11) is 3.98. The molecule has 0 saturated heterocycles. The molecule has 1 saturated carbocycles. The van der Waals surface area contributed by atoms with Gasteiger partial charge in [-0.25, -0.2) is 0 Å². The lowest BCUT2D eigenvalue weighted by Gasteiger charge is -2.26. The number of aromatic nitrogens is 2. The Labute approximate surface area is 166 Å². The van der Waals surface area contributed by atoms with Crippen molar-refractivity contribution in [3.8, 4) is 0 Å². The summed E-state index contributed by atoms with van der Waals surface area (Å²) in [6, 6.07) is 9.72. The summed E-state index contributed by atoms with van der Waals surface area (Å²) in [6.07, 6.45) is 2.33. The Kier molecular flexibility index (Phi) is 5.63. The van der Waals surface area contributed by atoms with Crippen molar-refractivity contribution in [2.75, 3.05) is 20.6 Å². The summed E-state index contributed by atoms with van der Waals surface area (Å²) >= 11 is 6.37. The Balaban J connectivity index is 1.79. The average Bonchev–Trinajstić information content (AvgIpc) is 3.33. The zero-order valence-corrected chi connectivity index (χ0v) is 17.5. The number of hydrogen-bond acceptors (Lipinski definition) is 3. The molecular weight excluding hydrogens is 360 g/mol. The second-order valence-corrected chi connectivity index (χ2v) is 8.93. The van der Waals surface area contributed by atoms with Crippen LogP contribution in [0.5, 0.6) is 0 Å². The van der Waals surface area contributed by atoms with E-state index in [0.717, 1.165) is 24.1 Å². The molecule has 0 spiro atoms. The highest BCUT2D eigenvalue weighted by Crippen LogP contribution is 2.40. The quantitative estimate of drug-likeness (QED) is 0.806. The number of benzene rings is 1. The van der Waals surface area contributed by atoms with Crippen LogP contribution in [0, 0.1) is 0 Å². The normalized spacial score (nSPS) is 15.8. The lowest BCUT2D eigenvalue weighted by molar-refractivity contribution is 0.0923. The van der Waals surface area contributed by atoms with Crippen molar-refractivity contribution in [3.05, 3.63) is 52.3 Å². The SMILES string of the molecule is CN(C)C(CNC(=O)c1cc(C2CC2)nn1C(C)(C)C)c1ccccc1Cl. The van der Waals surface area contributed by atoms with Gasteiger partial charge in [-0.2, -0.15) is 5.10 Å². The molecule has 1 aliphatic rings. The first kappa shape index (κ1) is 19.9. The van der Waals surface area contributed by atoms with Gasteiger partial charge in [-0.3, -0.25) is 9.48 Å². The van der Waals surface area contributed by atoms with E-state index in [1.54, 1.807) is 0 Å². The van der Waals surface area contributed by atoms with Crippen LogP contribution in [0.3, 0.4) is 0 Å². The molecule has 1 aliphatic carbocycles. The maximum Gasteiger partial charge on any atom is 0.269 e. The Morgan fingerprint density at radius 1 is 1.33 bits per heavy atom. The van der Waals surface area contributed by atoms with Gasteiger partial charge in [-0.15, -0.1) is 0 Å². The third-order valence-electron chi connectivity index (χ3n) is 4.94. The first-order valence-corrected chi connectivity index (χ1v) is 9.85. The predicted molar refractivity (Wildman–Crippen MR) is 109 cm³/mol. The topological polar surface area (TPSA) is 50.2 Å². The van der Waals surface area contributed by atoms with E-state index >= 15 is 0 Å². The second kappa shape index (κ2) is 7.64. The van der Waals surface area contributed by atoms with Crippen molar-refractivity contribution in [3.63, 3.8) is 0 Å². The Morgan fingerprint density at radius 3 is 2.56 bits per heavy atom. The highest BCUT2D eigenvalue weighted by molar-refractivity contribution is 6.31. The molecule has 5 nitrogen and oxygen atoms in total. The zero-order valence-electron chi connectivity index (χ0n) is 16.8. The summed E-state index contributed by atoms with van der Waals surface area (Å²) in [5.74, 6) is 0.418. The van der Waals surface area contributed by atoms with E-state index in [1.807, 2.05) is 49.1 Å². The second-order valence-electron chi connectivity index (χ2n) is 8.52. The number of amides is 1. The third-order valence-corrected chi connectivity index (χ3v) is 5.28. The van der Waals surface area contributed by atoms with Crippen LogP contribution >= 0.6 is 11.6 Å². The number of carbonyl (C=O) groups excluding carboxylic acids is 1. The molecule has 1 unspecified atom stereocenters. The predicted octanol–water partition coefficient (Wildman–Crippen LogP) is 4.20. The molecule has 0 aliphatic heterocycles. The first-order valence-electron chi connectivity index (χ1n) is 9.48. The Bertz CT molecular complexity index is 818. The molecule has 1 amide bonds. The molecule has 3 rings (SSSR count). The van der Waals surface area contributed by atoms with Crippen molar-refractivity contribution in [1.29, 1.82) is 0 Å². The molecule has 1 fully saturated rings. The van der Waals surface area contributed by atoms with Gasteiger partial charge in [0.25, 0.3) is 5.91 Å². The third kappa shape index (κ3) is 4.53. The maximum atomic E-state index is 13.0. The van der Waals surface area contributed by atoms with Gasteiger partial charge in [-0.1, -0.05) is 29.8 Å². The van der Waals surface area contributed by atoms with Crippen LogP contribution in [0.25, 0.3) is 0 Å². The van der Waals surface area contributed by atoms with E-state index in [2.05, 4.69) is 31.0 Å². The summed E-state index contributed by atoms with van der Waals surface area (Å²) in [6.45, 7) is 6.68. The molecular formula is C21H29ClN4O. The molecule has 146 valence electrons. The fourth-order valence-electron chi connectivity index (χ4n) is 3.25. The van der Waals surface area contributed by atoms with Crippen molar-refractivity contribution in [2.45, 2.75) is 51.1 Å². The molecule has 1 aromatic carbocycles. The summed E-state index contributed by atoms with van der Waals surface area (Å²) < 4.78 is 1.86. The molecule has 1 aromatic heterocycles. The minimum Gasteiger partial charge on any atom is -0.349 e. The standard InChI is InChI=1S/C21H29ClN4O/c1-21(2,3)26-18(12-17(24-26)14-10-11-14)20(27)23-13-19(25(4)5)15-8-6-7-9-16(15)22/h6-9,12,14,19H,10-11,13H2,1-5H3,(H,23,27). The smallest absolute Gasteiger partial charge is 0.269 e. The minimum absolute atomic E-state index is 0.00318. The van der Waals surface area contributed by atoms with Crippen molar-refractivity contribution in [1.82, 2.24) is 20.0 Å². The van der Waals surface area contributed by atoms with E-state index in [4.69, 9.17) is 16.7 Å². The molecule has 6 heteroatoms. The fraction of sp³-hybridized carbons (Fsp3) is 0.524. The van der Waals surface area contributed by atoms with E-state index in [0.29, 0.717) is 23.2 Å². The van der Waals surface area contributed by atoms with Crippen LogP contribution in [0.4, 0.5) is 0 Å². The summed E-state index contributed by atoms with van der Waals surface area (Å²) in [5, 5.41) is 8.52. The van der Waals surface area contributed by atoms with Crippen LogP contribution in [-0.2, 0) is 5.54 Å². The van der Waals surface area contributed by atoms with Crippen LogP contribution in [-0.4, -0.2) is 41.2 Å². The van der Waals surface area contributed by atoms with Gasteiger partial charge in [0.05, 0.1) is 17.3 Å². The number of nitrogens with zero attached hydrogens (tertiary/aromatic N) is 3. The van der Waals surface area contributed by atoms with Crippen LogP contribution in [0.1, 0.15) is 67.3 Å². The van der Waals surface area contributed by atoms with Gasteiger partial charge in [0.15, 0.2) is 0 Å². The van der Waals surface area contributed by atoms with Crippen molar-refractivity contribution < 1.29 is 4.79 Å². The largest absolute Gasteiger partial charge is 0.349 e. The van der Waals surface area contributed by atoms with Crippen LogP contribution < -0.4 is 5.32 Å². The molecule has 1 atom stereocenters. The average molecular weight is 389 g/mol. The van der Waals surface area contributed by atoms with Gasteiger partial charge in [-0.05, 0) is 65.4 Å². The lowest BCUT2D eigenvalue weighted by atomic mass is 10.1. The van der Waals surface area contributed by atoms with E-state index in [1.165, 1.54) is 0 Å². The molecule has 0 radical (unpaired) electrons. The van der Waals surface area contributed by atoms with E-state index in [9.17, 15) is 4.79 Å². The number of hydrogen-bond donors (Lipinski definition) is 1. The van der Waals surface area contributed by atoms with Crippen LogP contribution in [0.15, 0.2) is 30.3 Å². The van der Waals surface area contributed by atoms with Gasteiger partial charge in [0, 0.05) is 17.5 Å². The summed E-state index contributed by atoms with van der Waals surface area (Å²) in [4.78, 5) is 15.1. The minimum atomic E-state index is -0.247. The highest BCUT2D eigenvalue weighted by Gasteiger charge is 2.31.